The van der Waals surface area contributed by atoms with Gasteiger partial charge >= 0.3 is 6.08 Å². The quantitative estimate of drug-likeness (QED) is 0.485. The van der Waals surface area contributed by atoms with E-state index in [0.29, 0.717) is 49.7 Å². The van der Waals surface area contributed by atoms with Crippen molar-refractivity contribution in [3.63, 3.8) is 0 Å². The summed E-state index contributed by atoms with van der Waals surface area (Å²) in [4.78, 5) is 26.2. The van der Waals surface area contributed by atoms with Crippen molar-refractivity contribution >= 4 is 29.0 Å². The summed E-state index contributed by atoms with van der Waals surface area (Å²) in [6.45, 7) is 7.96. The Balaban J connectivity index is 1.41. The molecule has 5 rings (SSSR count). The Bertz CT molecular complexity index is 1310. The Morgan fingerprint density at radius 3 is 2.83 bits per heavy atom. The molecule has 10 heteroatoms. The summed E-state index contributed by atoms with van der Waals surface area (Å²) < 4.78 is 21.8. The van der Waals surface area contributed by atoms with E-state index < -0.39 is 12.2 Å². The molecule has 3 aromatic rings. The van der Waals surface area contributed by atoms with Crippen LogP contribution in [0.2, 0.25) is 0 Å². The van der Waals surface area contributed by atoms with Gasteiger partial charge in [0.25, 0.3) is 5.91 Å². The number of piperidine rings is 1. The van der Waals surface area contributed by atoms with Gasteiger partial charge in [-0.2, -0.15) is 14.4 Å². The number of halogens is 1. The second-order valence-corrected chi connectivity index (χ2v) is 9.60. The van der Waals surface area contributed by atoms with Crippen LogP contribution in [0.1, 0.15) is 48.7 Å². The molecule has 0 aliphatic carbocycles. The van der Waals surface area contributed by atoms with Gasteiger partial charge in [-0.3, -0.25) is 4.79 Å². The van der Waals surface area contributed by atoms with E-state index in [9.17, 15) is 14.3 Å². The molecule has 4 heterocycles. The molecule has 1 amide bonds. The third kappa shape index (κ3) is 4.65. The molecule has 0 spiro atoms. The second kappa shape index (κ2) is 9.85. The minimum atomic E-state index is -0.980. The lowest BCUT2D eigenvalue weighted by Gasteiger charge is -2.32. The van der Waals surface area contributed by atoms with Gasteiger partial charge in [0.05, 0.1) is 6.61 Å². The number of benzene rings is 1. The summed E-state index contributed by atoms with van der Waals surface area (Å²) in [6, 6.07) is 4.14. The van der Waals surface area contributed by atoms with Gasteiger partial charge in [0.1, 0.15) is 17.7 Å². The predicted octanol–water partition coefficient (Wildman–Crippen LogP) is 2.73. The Morgan fingerprint density at radius 1 is 1.33 bits per heavy atom. The number of imidazole rings is 1. The van der Waals surface area contributed by atoms with Crippen LogP contribution in [0.5, 0.6) is 5.75 Å². The monoisotopic (exact) mass is 494 g/mol. The summed E-state index contributed by atoms with van der Waals surface area (Å²) >= 11 is 0. The number of anilines is 1. The molecule has 2 aliphatic heterocycles. The fourth-order valence-electron chi connectivity index (χ4n) is 5.23. The smallest absolute Gasteiger partial charge is 0.312 e. The van der Waals surface area contributed by atoms with Crippen LogP contribution in [-0.2, 0) is 24.2 Å². The molecular formula is C26H31FN6O3. The fourth-order valence-corrected chi connectivity index (χ4v) is 5.23. The maximum absolute atomic E-state index is 14.1. The Morgan fingerprint density at radius 2 is 2.11 bits per heavy atom. The first-order valence-electron chi connectivity index (χ1n) is 12.4. The minimum Gasteiger partial charge on any atom is -0.493 e. The topological polar surface area (TPSA) is 119 Å². The van der Waals surface area contributed by atoms with Crippen molar-refractivity contribution in [3.8, 4) is 5.75 Å². The molecule has 3 N–H and O–H groups in total. The molecular weight excluding hydrogens is 463 g/mol. The summed E-state index contributed by atoms with van der Waals surface area (Å²) in [5.74, 6) is 1.77. The van der Waals surface area contributed by atoms with Crippen molar-refractivity contribution in [1.29, 1.82) is 0 Å². The van der Waals surface area contributed by atoms with Gasteiger partial charge in [-0.25, -0.2) is 4.98 Å². The van der Waals surface area contributed by atoms with Crippen molar-refractivity contribution in [3.05, 3.63) is 47.3 Å². The van der Waals surface area contributed by atoms with Crippen LogP contribution in [0.15, 0.2) is 18.7 Å². The lowest BCUT2D eigenvalue weighted by molar-refractivity contribution is -0.140. The van der Waals surface area contributed by atoms with Gasteiger partial charge in [0.15, 0.2) is 17.0 Å². The first-order valence-corrected chi connectivity index (χ1v) is 12.4. The average Bonchev–Trinajstić information content (AvgIpc) is 3.46. The molecule has 0 bridgehead atoms. The van der Waals surface area contributed by atoms with Crippen molar-refractivity contribution < 1.29 is 19.0 Å². The highest BCUT2D eigenvalue weighted by atomic mass is 19.1. The normalized spacial score (nSPS) is 16.7. The van der Waals surface area contributed by atoms with Crippen molar-refractivity contribution in [2.45, 2.75) is 51.7 Å². The number of nitrogen functional groups attached to an aromatic ring is 1. The number of likely N-dealkylation sites (tertiary alicyclic amines) is 1. The molecule has 1 aromatic carbocycles. The zero-order chi connectivity index (χ0) is 25.4. The minimum absolute atomic E-state index is 0.0173. The number of nitrogens with zero attached hydrogens (tertiary/aromatic N) is 5. The van der Waals surface area contributed by atoms with Gasteiger partial charge in [-0.05, 0) is 60.9 Å². The molecule has 2 aromatic heterocycles. The van der Waals surface area contributed by atoms with E-state index in [2.05, 4.69) is 22.6 Å². The first-order chi connectivity index (χ1) is 17.3. The zero-order valence-corrected chi connectivity index (χ0v) is 20.4. The molecule has 9 nitrogen and oxygen atoms in total. The highest BCUT2D eigenvalue weighted by molar-refractivity contribution is 5.82. The standard InChI is InChI=1S/C26H31FN6O3/c1-3-17-12-18-7-11-36-20(18)13-19(17)14-21-29-22-23(28)30-26(27)31-24(22)33(21)10-6-16-4-8-32(9-5-16)25(35)15(2)34/h3,12-13,15-16,34H,1,4-11,14H2,2H3,(H2,28,30,31)/t15-/m0/s1. The number of aliphatic hydroxyl groups is 1. The van der Waals surface area contributed by atoms with Crippen LogP contribution in [0.3, 0.4) is 0 Å². The van der Waals surface area contributed by atoms with Crippen LogP contribution >= 0.6 is 0 Å². The maximum atomic E-state index is 14.1. The van der Waals surface area contributed by atoms with Gasteiger partial charge in [-0.1, -0.05) is 12.7 Å². The first kappa shape index (κ1) is 24.2. The van der Waals surface area contributed by atoms with E-state index in [4.69, 9.17) is 15.5 Å². The molecule has 36 heavy (non-hydrogen) atoms. The highest BCUT2D eigenvalue weighted by Crippen LogP contribution is 2.32. The summed E-state index contributed by atoms with van der Waals surface area (Å²) in [5, 5.41) is 9.58. The molecule has 1 atom stereocenters. The lowest BCUT2D eigenvalue weighted by atomic mass is 9.93. The number of amides is 1. The van der Waals surface area contributed by atoms with E-state index in [1.54, 1.807) is 4.90 Å². The van der Waals surface area contributed by atoms with Crippen molar-refractivity contribution in [2.75, 3.05) is 25.4 Å². The number of hydrogen-bond acceptors (Lipinski definition) is 7. The second-order valence-electron chi connectivity index (χ2n) is 9.60. The predicted molar refractivity (Wildman–Crippen MR) is 134 cm³/mol. The summed E-state index contributed by atoms with van der Waals surface area (Å²) in [5.41, 5.74) is 9.97. The third-order valence-corrected chi connectivity index (χ3v) is 7.24. The Labute approximate surface area is 208 Å². The van der Waals surface area contributed by atoms with Crippen LogP contribution in [-0.4, -0.2) is 61.2 Å². The number of fused-ring (bicyclic) bond motifs is 2. The number of aromatic nitrogens is 4. The number of aliphatic hydroxyl groups excluding tert-OH is 1. The molecule has 2 aliphatic rings. The largest absolute Gasteiger partial charge is 0.493 e. The molecule has 0 saturated carbocycles. The Hall–Kier alpha value is -3.53. The average molecular weight is 495 g/mol. The van der Waals surface area contributed by atoms with Gasteiger partial charge in [0, 0.05) is 32.5 Å². The molecule has 0 radical (unpaired) electrons. The SMILES string of the molecule is C=Cc1cc2c(cc1Cc1nc3c(N)nc(F)nc3n1CCC1CCN(C(=O)[C@H](C)O)CC1)OCC2. The van der Waals surface area contributed by atoms with Gasteiger partial charge < -0.3 is 25.0 Å². The van der Waals surface area contributed by atoms with E-state index >= 15 is 0 Å². The van der Waals surface area contributed by atoms with Crippen molar-refractivity contribution in [1.82, 2.24) is 24.4 Å². The van der Waals surface area contributed by atoms with E-state index in [0.717, 1.165) is 48.4 Å². The van der Waals surface area contributed by atoms with Gasteiger partial charge in [-0.15, -0.1) is 0 Å². The lowest BCUT2D eigenvalue weighted by Crippen LogP contribution is -2.43. The number of rotatable bonds is 7. The summed E-state index contributed by atoms with van der Waals surface area (Å²) in [7, 11) is 0. The van der Waals surface area contributed by atoms with Gasteiger partial charge in [0.2, 0.25) is 0 Å². The number of hydrogen-bond donors (Lipinski definition) is 2. The van der Waals surface area contributed by atoms with Crippen LogP contribution in [0, 0.1) is 12.0 Å². The zero-order valence-electron chi connectivity index (χ0n) is 20.4. The number of aryl methyl sites for hydroxylation is 1. The van der Waals surface area contributed by atoms with E-state index in [-0.39, 0.29) is 11.7 Å². The van der Waals surface area contributed by atoms with Crippen LogP contribution in [0.4, 0.5) is 10.2 Å². The third-order valence-electron chi connectivity index (χ3n) is 7.24. The highest BCUT2D eigenvalue weighted by Gasteiger charge is 2.26. The maximum Gasteiger partial charge on any atom is 0.312 e. The van der Waals surface area contributed by atoms with E-state index in [1.807, 2.05) is 16.7 Å². The number of nitrogens with two attached hydrogens (primary N) is 1. The molecule has 190 valence electrons. The Kier molecular flexibility index (Phi) is 6.61. The van der Waals surface area contributed by atoms with Crippen LogP contribution in [0.25, 0.3) is 17.2 Å². The van der Waals surface area contributed by atoms with E-state index in [1.165, 1.54) is 12.5 Å². The fraction of sp³-hybridized carbons (Fsp3) is 0.462. The van der Waals surface area contributed by atoms with Crippen LogP contribution < -0.4 is 10.5 Å². The molecule has 1 saturated heterocycles. The summed E-state index contributed by atoms with van der Waals surface area (Å²) in [6.07, 6.45) is 3.84. The number of carbonyl (C=O) groups excluding carboxylic acids is 1. The number of ether oxygens (including phenoxy) is 1. The number of carbonyl (C=O) groups is 1. The van der Waals surface area contributed by atoms with Crippen molar-refractivity contribution in [2.24, 2.45) is 5.92 Å². The molecule has 1 fully saturated rings. The molecule has 0 unspecified atom stereocenters.